The molecule has 2 aromatic rings. The fourth-order valence-electron chi connectivity index (χ4n) is 4.18. The summed E-state index contributed by atoms with van der Waals surface area (Å²) >= 11 is 0. The van der Waals surface area contributed by atoms with Gasteiger partial charge >= 0.3 is 0 Å². The number of hydrogen-bond donors (Lipinski definition) is 3. The predicted octanol–water partition coefficient (Wildman–Crippen LogP) is 3.55. The van der Waals surface area contributed by atoms with Gasteiger partial charge in [-0.1, -0.05) is 19.9 Å². The molecule has 0 saturated heterocycles. The summed E-state index contributed by atoms with van der Waals surface area (Å²) in [5.74, 6) is -2.13. The monoisotopic (exact) mass is 519 g/mol. The van der Waals surface area contributed by atoms with Crippen molar-refractivity contribution in [3.05, 3.63) is 70.8 Å². The fourth-order valence-corrected chi connectivity index (χ4v) is 4.18. The third kappa shape index (κ3) is 9.50. The second kappa shape index (κ2) is 15.4. The van der Waals surface area contributed by atoms with Crippen LogP contribution in [0.25, 0.3) is 0 Å². The van der Waals surface area contributed by atoms with E-state index in [9.17, 15) is 23.5 Å². The number of aliphatic hydroxyl groups excluding tert-OH is 1. The van der Waals surface area contributed by atoms with Crippen molar-refractivity contribution in [3.8, 4) is 0 Å². The van der Waals surface area contributed by atoms with E-state index in [1.807, 2.05) is 13.8 Å². The van der Waals surface area contributed by atoms with Gasteiger partial charge in [0.2, 0.25) is 0 Å². The number of methoxy groups -OCH3 is 1. The molecule has 0 aliphatic heterocycles. The maximum absolute atomic E-state index is 13.8. The summed E-state index contributed by atoms with van der Waals surface area (Å²) in [5.41, 5.74) is 0.944. The van der Waals surface area contributed by atoms with E-state index in [0.29, 0.717) is 37.4 Å². The SMILES string of the molecule is CCCN(CCC)C(=O)c1cccc(C(=O)N[C@@H](Cc2cc(F)cc(F)c2)[C@H](O)[C@@H](C)NCCOC)c1. The molecular weight excluding hydrogens is 480 g/mol. The average Bonchev–Trinajstić information content (AvgIpc) is 2.86. The van der Waals surface area contributed by atoms with E-state index >= 15 is 0 Å². The lowest BCUT2D eigenvalue weighted by atomic mass is 9.96. The van der Waals surface area contributed by atoms with Crippen molar-refractivity contribution < 1.29 is 28.2 Å². The average molecular weight is 520 g/mol. The summed E-state index contributed by atoms with van der Waals surface area (Å²) in [6.45, 7) is 7.89. The van der Waals surface area contributed by atoms with Crippen molar-refractivity contribution in [2.45, 2.75) is 58.2 Å². The second-order valence-corrected chi connectivity index (χ2v) is 9.16. The maximum Gasteiger partial charge on any atom is 0.253 e. The quantitative estimate of drug-likeness (QED) is 0.313. The summed E-state index contributed by atoms with van der Waals surface area (Å²) in [7, 11) is 1.56. The fraction of sp³-hybridized carbons (Fsp3) is 0.500. The summed E-state index contributed by atoms with van der Waals surface area (Å²) in [6.07, 6.45) is 0.560. The van der Waals surface area contributed by atoms with Crippen LogP contribution >= 0.6 is 0 Å². The van der Waals surface area contributed by atoms with Crippen molar-refractivity contribution in [2.24, 2.45) is 0 Å². The molecule has 0 aromatic heterocycles. The zero-order valence-electron chi connectivity index (χ0n) is 22.1. The Labute approximate surface area is 218 Å². The number of hydrogen-bond acceptors (Lipinski definition) is 5. The summed E-state index contributed by atoms with van der Waals surface area (Å²) < 4.78 is 32.7. The minimum absolute atomic E-state index is 0.00269. The van der Waals surface area contributed by atoms with Crippen molar-refractivity contribution >= 4 is 11.8 Å². The molecule has 37 heavy (non-hydrogen) atoms. The van der Waals surface area contributed by atoms with E-state index < -0.39 is 35.7 Å². The van der Waals surface area contributed by atoms with E-state index in [4.69, 9.17) is 4.74 Å². The molecule has 0 heterocycles. The molecular formula is C28H39F2N3O4. The molecule has 7 nitrogen and oxygen atoms in total. The molecule has 3 atom stereocenters. The zero-order chi connectivity index (χ0) is 27.4. The highest BCUT2D eigenvalue weighted by atomic mass is 19.1. The lowest BCUT2D eigenvalue weighted by Crippen LogP contribution is -2.53. The number of benzene rings is 2. The summed E-state index contributed by atoms with van der Waals surface area (Å²) in [4.78, 5) is 28.0. The molecule has 0 aliphatic rings. The third-order valence-electron chi connectivity index (χ3n) is 6.04. The summed E-state index contributed by atoms with van der Waals surface area (Å²) in [5, 5.41) is 17.0. The Bertz CT molecular complexity index is 994. The van der Waals surface area contributed by atoms with Crippen LogP contribution in [0.15, 0.2) is 42.5 Å². The van der Waals surface area contributed by atoms with Crippen LogP contribution in [0.1, 0.15) is 59.9 Å². The largest absolute Gasteiger partial charge is 0.389 e. The highest BCUT2D eigenvalue weighted by Crippen LogP contribution is 2.15. The standard InChI is InChI=1S/C28H39F2N3O4/c1-5-11-33(12-6-2)28(36)22-9-7-8-21(17-22)27(35)32-25(26(34)19(3)31-10-13-37-4)16-20-14-23(29)18-24(30)15-20/h7-9,14-15,17-19,25-26,31,34H,5-6,10-13,16H2,1-4H3,(H,32,35)/t19-,25+,26-/m1/s1. The predicted molar refractivity (Wildman–Crippen MR) is 140 cm³/mol. The number of carbonyl (C=O) groups excluding carboxylic acids is 2. The van der Waals surface area contributed by atoms with Gasteiger partial charge in [0.1, 0.15) is 11.6 Å². The van der Waals surface area contributed by atoms with Crippen LogP contribution in [0.3, 0.4) is 0 Å². The first-order valence-electron chi connectivity index (χ1n) is 12.8. The van der Waals surface area contributed by atoms with Crippen LogP contribution in [0.2, 0.25) is 0 Å². The van der Waals surface area contributed by atoms with Gasteiger partial charge in [0.05, 0.1) is 18.8 Å². The van der Waals surface area contributed by atoms with Gasteiger partial charge in [0.15, 0.2) is 0 Å². The first-order valence-corrected chi connectivity index (χ1v) is 12.8. The number of nitrogens with one attached hydrogen (secondary N) is 2. The van der Waals surface area contributed by atoms with Crippen LogP contribution in [-0.2, 0) is 11.2 Å². The molecule has 0 radical (unpaired) electrons. The highest BCUT2D eigenvalue weighted by molar-refractivity contribution is 5.99. The van der Waals surface area contributed by atoms with Crippen molar-refractivity contribution in [1.29, 1.82) is 0 Å². The molecule has 0 spiro atoms. The first-order chi connectivity index (χ1) is 17.7. The molecule has 9 heteroatoms. The molecule has 2 aromatic carbocycles. The Morgan fingerprint density at radius 1 is 1.03 bits per heavy atom. The minimum Gasteiger partial charge on any atom is -0.389 e. The van der Waals surface area contributed by atoms with Crippen molar-refractivity contribution in [3.63, 3.8) is 0 Å². The van der Waals surface area contributed by atoms with E-state index in [2.05, 4.69) is 10.6 Å². The molecule has 2 amide bonds. The van der Waals surface area contributed by atoms with Gasteiger partial charge in [-0.2, -0.15) is 0 Å². The van der Waals surface area contributed by atoms with Gasteiger partial charge in [0, 0.05) is 50.0 Å². The molecule has 3 N–H and O–H groups in total. The van der Waals surface area contributed by atoms with Gasteiger partial charge in [-0.05, 0) is 62.1 Å². The highest BCUT2D eigenvalue weighted by Gasteiger charge is 2.27. The second-order valence-electron chi connectivity index (χ2n) is 9.16. The van der Waals surface area contributed by atoms with Crippen molar-refractivity contribution in [1.82, 2.24) is 15.5 Å². The first kappa shape index (κ1) is 30.3. The number of aliphatic hydroxyl groups is 1. The Morgan fingerprint density at radius 3 is 2.24 bits per heavy atom. The number of carbonyl (C=O) groups is 2. The van der Waals surface area contributed by atoms with Gasteiger partial charge in [0.25, 0.3) is 11.8 Å². The molecule has 2 rings (SSSR count). The lowest BCUT2D eigenvalue weighted by molar-refractivity contribution is 0.0718. The van der Waals surface area contributed by atoms with Gasteiger partial charge in [-0.3, -0.25) is 9.59 Å². The third-order valence-corrected chi connectivity index (χ3v) is 6.04. The van der Waals surface area contributed by atoms with Gasteiger partial charge < -0.3 is 25.4 Å². The van der Waals surface area contributed by atoms with Crippen LogP contribution in [0, 0.1) is 11.6 Å². The van der Waals surface area contributed by atoms with Crippen molar-refractivity contribution in [2.75, 3.05) is 33.4 Å². The number of rotatable bonds is 15. The van der Waals surface area contributed by atoms with Crippen LogP contribution in [-0.4, -0.2) is 73.4 Å². The Morgan fingerprint density at radius 2 is 1.65 bits per heavy atom. The Balaban J connectivity index is 2.27. The van der Waals surface area contributed by atoms with E-state index in [-0.39, 0.29) is 17.9 Å². The summed E-state index contributed by atoms with van der Waals surface area (Å²) in [6, 6.07) is 8.22. The van der Waals surface area contributed by atoms with Crippen LogP contribution < -0.4 is 10.6 Å². The maximum atomic E-state index is 13.8. The van der Waals surface area contributed by atoms with Gasteiger partial charge in [-0.15, -0.1) is 0 Å². The number of nitrogens with zero attached hydrogens (tertiary/aromatic N) is 1. The van der Waals surface area contributed by atoms with E-state index in [0.717, 1.165) is 18.9 Å². The molecule has 0 unspecified atom stereocenters. The zero-order valence-corrected chi connectivity index (χ0v) is 22.1. The Kier molecular flexibility index (Phi) is 12.6. The van der Waals surface area contributed by atoms with Crippen LogP contribution in [0.5, 0.6) is 0 Å². The molecule has 0 fully saturated rings. The van der Waals surface area contributed by atoms with E-state index in [1.165, 1.54) is 18.2 Å². The Hall–Kier alpha value is -2.88. The molecule has 0 aliphatic carbocycles. The van der Waals surface area contributed by atoms with Crippen LogP contribution in [0.4, 0.5) is 8.78 Å². The van der Waals surface area contributed by atoms with Gasteiger partial charge in [-0.25, -0.2) is 8.78 Å². The number of amides is 2. The molecule has 0 bridgehead atoms. The van der Waals surface area contributed by atoms with E-state index in [1.54, 1.807) is 37.1 Å². The number of halogens is 2. The lowest BCUT2D eigenvalue weighted by Gasteiger charge is -2.29. The topological polar surface area (TPSA) is 90.9 Å². The minimum atomic E-state index is -1.08. The molecule has 204 valence electrons. The normalized spacial score (nSPS) is 13.6. The number of ether oxygens (including phenoxy) is 1. The smallest absolute Gasteiger partial charge is 0.253 e. The molecule has 0 saturated carbocycles.